The van der Waals surface area contributed by atoms with E-state index in [1.807, 2.05) is 12.1 Å². The van der Waals surface area contributed by atoms with Crippen LogP contribution < -0.4 is 0 Å². The first-order valence-corrected chi connectivity index (χ1v) is 5.80. The number of phenolic OH excluding ortho intramolecular Hbond substituents is 1. The summed E-state index contributed by atoms with van der Waals surface area (Å²) in [6.07, 6.45) is 3.87. The summed E-state index contributed by atoms with van der Waals surface area (Å²) in [6.45, 7) is 3.75. The van der Waals surface area contributed by atoms with Crippen LogP contribution in [0.15, 0.2) is 24.3 Å². The standard InChI is InChI=1S/C13H17NO/c15-12-3-1-11(2-4-12)13-5-8-14(9-6-13)10-7-13/h1-4,15H,5-10H2. The summed E-state index contributed by atoms with van der Waals surface area (Å²) in [5, 5.41) is 9.31. The molecule has 4 rings (SSSR count). The lowest BCUT2D eigenvalue weighted by Gasteiger charge is -2.48. The Morgan fingerprint density at radius 3 is 2.00 bits per heavy atom. The molecule has 0 atom stereocenters. The van der Waals surface area contributed by atoms with E-state index < -0.39 is 0 Å². The van der Waals surface area contributed by atoms with Crippen molar-refractivity contribution in [2.45, 2.75) is 24.7 Å². The maximum atomic E-state index is 9.31. The molecule has 3 fully saturated rings. The van der Waals surface area contributed by atoms with Crippen molar-refractivity contribution < 1.29 is 5.11 Å². The third kappa shape index (κ3) is 1.44. The van der Waals surface area contributed by atoms with Gasteiger partial charge in [0.05, 0.1) is 0 Å². The fraction of sp³-hybridized carbons (Fsp3) is 0.538. The second kappa shape index (κ2) is 3.24. The van der Waals surface area contributed by atoms with E-state index >= 15 is 0 Å². The molecule has 0 saturated carbocycles. The van der Waals surface area contributed by atoms with Gasteiger partial charge in [-0.15, -0.1) is 0 Å². The fourth-order valence-electron chi connectivity index (χ4n) is 3.07. The van der Waals surface area contributed by atoms with Crippen molar-refractivity contribution in [1.29, 1.82) is 0 Å². The van der Waals surface area contributed by atoms with Gasteiger partial charge in [-0.1, -0.05) is 12.1 Å². The highest BCUT2D eigenvalue weighted by Gasteiger charge is 2.40. The van der Waals surface area contributed by atoms with Gasteiger partial charge in [-0.05, 0) is 62.0 Å². The first kappa shape index (κ1) is 9.22. The van der Waals surface area contributed by atoms with Crippen LogP contribution in [0.1, 0.15) is 24.8 Å². The first-order valence-electron chi connectivity index (χ1n) is 5.80. The molecular weight excluding hydrogens is 186 g/mol. The Morgan fingerprint density at radius 2 is 1.47 bits per heavy atom. The van der Waals surface area contributed by atoms with Crippen LogP contribution in [0, 0.1) is 0 Å². The molecular formula is C13H17NO. The number of benzene rings is 1. The van der Waals surface area contributed by atoms with Crippen LogP contribution in [-0.2, 0) is 5.41 Å². The van der Waals surface area contributed by atoms with Gasteiger partial charge in [0.15, 0.2) is 0 Å². The van der Waals surface area contributed by atoms with Crippen molar-refractivity contribution in [3.63, 3.8) is 0 Å². The minimum absolute atomic E-state index is 0.378. The van der Waals surface area contributed by atoms with E-state index in [-0.39, 0.29) is 0 Å². The van der Waals surface area contributed by atoms with E-state index in [9.17, 15) is 5.11 Å². The topological polar surface area (TPSA) is 23.5 Å². The fourth-order valence-corrected chi connectivity index (χ4v) is 3.07. The van der Waals surface area contributed by atoms with E-state index in [4.69, 9.17) is 0 Å². The highest BCUT2D eigenvalue weighted by atomic mass is 16.3. The van der Waals surface area contributed by atoms with E-state index in [0.29, 0.717) is 11.2 Å². The van der Waals surface area contributed by atoms with Crippen LogP contribution in [0.25, 0.3) is 0 Å². The molecule has 3 aliphatic rings. The minimum atomic E-state index is 0.378. The third-order valence-electron chi connectivity index (χ3n) is 4.20. The molecule has 0 aromatic heterocycles. The normalized spacial score (nSPS) is 34.3. The number of hydrogen-bond donors (Lipinski definition) is 1. The van der Waals surface area contributed by atoms with Gasteiger partial charge in [0, 0.05) is 0 Å². The van der Waals surface area contributed by atoms with E-state index in [2.05, 4.69) is 17.0 Å². The summed E-state index contributed by atoms with van der Waals surface area (Å²) >= 11 is 0. The van der Waals surface area contributed by atoms with Crippen LogP contribution >= 0.6 is 0 Å². The Balaban J connectivity index is 1.94. The number of fused-ring (bicyclic) bond motifs is 3. The van der Waals surface area contributed by atoms with Crippen LogP contribution in [0.5, 0.6) is 5.75 Å². The van der Waals surface area contributed by atoms with Crippen molar-refractivity contribution in [2.24, 2.45) is 0 Å². The van der Waals surface area contributed by atoms with Crippen molar-refractivity contribution >= 4 is 0 Å². The number of piperidine rings is 3. The highest BCUT2D eigenvalue weighted by molar-refractivity contribution is 5.33. The summed E-state index contributed by atoms with van der Waals surface area (Å²) in [4.78, 5) is 2.56. The highest BCUT2D eigenvalue weighted by Crippen LogP contribution is 2.42. The van der Waals surface area contributed by atoms with Gasteiger partial charge >= 0.3 is 0 Å². The summed E-state index contributed by atoms with van der Waals surface area (Å²) in [7, 11) is 0. The van der Waals surface area contributed by atoms with Crippen LogP contribution in [0.2, 0.25) is 0 Å². The first-order chi connectivity index (χ1) is 7.28. The molecule has 80 valence electrons. The minimum Gasteiger partial charge on any atom is -0.508 e. The second-order valence-corrected chi connectivity index (χ2v) is 4.92. The van der Waals surface area contributed by atoms with Crippen molar-refractivity contribution in [3.05, 3.63) is 29.8 Å². The Kier molecular flexibility index (Phi) is 1.99. The lowest BCUT2D eigenvalue weighted by molar-refractivity contribution is 0.0817. The smallest absolute Gasteiger partial charge is 0.115 e. The van der Waals surface area contributed by atoms with Gasteiger partial charge in [-0.25, -0.2) is 0 Å². The van der Waals surface area contributed by atoms with Crippen LogP contribution in [-0.4, -0.2) is 29.6 Å². The maximum absolute atomic E-state index is 9.31. The zero-order valence-electron chi connectivity index (χ0n) is 8.95. The molecule has 0 spiro atoms. The van der Waals surface area contributed by atoms with Gasteiger partial charge in [-0.2, -0.15) is 0 Å². The van der Waals surface area contributed by atoms with Gasteiger partial charge < -0.3 is 10.0 Å². The Hall–Kier alpha value is -1.02. The van der Waals surface area contributed by atoms with Crippen molar-refractivity contribution in [3.8, 4) is 5.75 Å². The van der Waals surface area contributed by atoms with Crippen molar-refractivity contribution in [2.75, 3.05) is 19.6 Å². The van der Waals surface area contributed by atoms with Gasteiger partial charge in [0.25, 0.3) is 0 Å². The number of phenols is 1. The molecule has 1 N–H and O–H groups in total. The SMILES string of the molecule is Oc1ccc(C23CCN(CC2)CC3)cc1. The Bertz CT molecular complexity index is 336. The summed E-state index contributed by atoms with van der Waals surface area (Å²) in [6, 6.07) is 7.86. The number of aromatic hydroxyl groups is 1. The Morgan fingerprint density at radius 1 is 0.933 bits per heavy atom. The van der Waals surface area contributed by atoms with Crippen LogP contribution in [0.3, 0.4) is 0 Å². The molecule has 1 aromatic carbocycles. The predicted molar refractivity (Wildman–Crippen MR) is 60.1 cm³/mol. The molecule has 3 aliphatic heterocycles. The molecule has 2 heteroatoms. The predicted octanol–water partition coefficient (Wildman–Crippen LogP) is 2.13. The molecule has 0 radical (unpaired) electrons. The molecule has 2 bridgehead atoms. The molecule has 1 aromatic rings. The monoisotopic (exact) mass is 203 g/mol. The summed E-state index contributed by atoms with van der Waals surface area (Å²) in [5.41, 5.74) is 1.85. The zero-order chi connectivity index (χ0) is 10.3. The maximum Gasteiger partial charge on any atom is 0.115 e. The molecule has 0 aliphatic carbocycles. The largest absolute Gasteiger partial charge is 0.508 e. The average Bonchev–Trinajstić information content (AvgIpc) is 2.32. The zero-order valence-corrected chi connectivity index (χ0v) is 8.95. The number of hydrogen-bond acceptors (Lipinski definition) is 2. The van der Waals surface area contributed by atoms with Gasteiger partial charge in [-0.3, -0.25) is 0 Å². The quantitative estimate of drug-likeness (QED) is 0.755. The Labute approximate surface area is 90.5 Å². The third-order valence-corrected chi connectivity index (χ3v) is 4.20. The summed E-state index contributed by atoms with van der Waals surface area (Å²) in [5.74, 6) is 0.378. The summed E-state index contributed by atoms with van der Waals surface area (Å²) < 4.78 is 0. The molecule has 2 nitrogen and oxygen atoms in total. The van der Waals surface area contributed by atoms with Gasteiger partial charge in [0.1, 0.15) is 5.75 Å². The van der Waals surface area contributed by atoms with Gasteiger partial charge in [0.2, 0.25) is 0 Å². The van der Waals surface area contributed by atoms with Crippen LogP contribution in [0.4, 0.5) is 0 Å². The van der Waals surface area contributed by atoms with E-state index in [1.165, 1.54) is 44.5 Å². The van der Waals surface area contributed by atoms with E-state index in [1.54, 1.807) is 0 Å². The van der Waals surface area contributed by atoms with E-state index in [0.717, 1.165) is 0 Å². The van der Waals surface area contributed by atoms with Crippen molar-refractivity contribution in [1.82, 2.24) is 4.90 Å². The number of rotatable bonds is 1. The second-order valence-electron chi connectivity index (χ2n) is 4.92. The molecule has 3 saturated heterocycles. The molecule has 0 amide bonds. The number of nitrogens with zero attached hydrogens (tertiary/aromatic N) is 1. The molecule has 3 heterocycles. The molecule has 0 unspecified atom stereocenters. The lowest BCUT2D eigenvalue weighted by Crippen LogP contribution is -2.50. The average molecular weight is 203 g/mol. The lowest BCUT2D eigenvalue weighted by atomic mass is 9.67. The molecule has 15 heavy (non-hydrogen) atoms.